The highest BCUT2D eigenvalue weighted by atomic mass is 35.5. The van der Waals surface area contributed by atoms with Gasteiger partial charge in [0.15, 0.2) is 20.6 Å². The number of amides is 1. The van der Waals surface area contributed by atoms with Crippen LogP contribution in [0.3, 0.4) is 0 Å². The fraction of sp³-hybridized carbons (Fsp3) is 0.542. The first-order valence-corrected chi connectivity index (χ1v) is 28.0. The van der Waals surface area contributed by atoms with Gasteiger partial charge in [-0.25, -0.2) is 29.9 Å². The summed E-state index contributed by atoms with van der Waals surface area (Å²) < 4.78 is 0. The Morgan fingerprint density at radius 3 is 1.55 bits per heavy atom. The topological polar surface area (TPSA) is 218 Å². The molecule has 0 aliphatic carbocycles. The number of carbonyl (C=O) groups excluding carboxylic acids is 2. The summed E-state index contributed by atoms with van der Waals surface area (Å²) in [5, 5.41) is 31.4. The summed E-state index contributed by atoms with van der Waals surface area (Å²) in [5.74, 6) is 3.36. The van der Waals surface area contributed by atoms with Crippen LogP contribution in [0.15, 0.2) is 59.1 Å². The summed E-state index contributed by atoms with van der Waals surface area (Å²) >= 11 is 11.1. The molecule has 4 aliphatic heterocycles. The number of piperidine rings is 2. The van der Waals surface area contributed by atoms with Gasteiger partial charge < -0.3 is 50.2 Å². The van der Waals surface area contributed by atoms with Crippen molar-refractivity contribution in [3.8, 4) is 12.1 Å². The molecule has 4 aliphatic rings. The first-order valence-electron chi connectivity index (χ1n) is 24.3. The van der Waals surface area contributed by atoms with Crippen molar-refractivity contribution in [2.75, 3.05) is 154 Å². The Balaban J connectivity index is 0.000000208. The number of hydrogen-bond acceptors (Lipinski definition) is 23. The van der Waals surface area contributed by atoms with Gasteiger partial charge in [-0.2, -0.15) is 10.5 Å². The van der Waals surface area contributed by atoms with Crippen LogP contribution in [0.2, 0.25) is 0 Å². The number of nitriles is 2. The number of likely N-dealkylation sites (N-methyl/N-ethyl adjacent to an activating group) is 4. The maximum Gasteiger partial charge on any atom is 0.246 e. The minimum Gasteiger partial charge on any atom is -0.354 e. The lowest BCUT2D eigenvalue weighted by Crippen LogP contribution is -2.44. The Kier molecular flexibility index (Phi) is 23.4. The van der Waals surface area contributed by atoms with Gasteiger partial charge in [0, 0.05) is 107 Å². The van der Waals surface area contributed by atoms with Crippen molar-refractivity contribution in [1.29, 1.82) is 10.5 Å². The van der Waals surface area contributed by atoms with Crippen molar-refractivity contribution in [3.63, 3.8) is 0 Å². The van der Waals surface area contributed by atoms with Crippen molar-refractivity contribution in [3.05, 3.63) is 58.6 Å². The predicted molar refractivity (Wildman–Crippen MR) is 297 cm³/mol. The van der Waals surface area contributed by atoms with Crippen molar-refractivity contribution in [2.45, 2.75) is 46.5 Å². The maximum atomic E-state index is 12.5. The molecular weight excluding hydrogens is 1020 g/mol. The average Bonchev–Trinajstić information content (AvgIpc) is 4.04. The van der Waals surface area contributed by atoms with E-state index >= 15 is 0 Å². The van der Waals surface area contributed by atoms with Crippen LogP contribution in [0.5, 0.6) is 0 Å². The van der Waals surface area contributed by atoms with Gasteiger partial charge in [-0.3, -0.25) is 9.59 Å². The molecule has 20 nitrogen and oxygen atoms in total. The van der Waals surface area contributed by atoms with Crippen LogP contribution in [0, 0.1) is 22.7 Å². The number of allylic oxidation sites excluding steroid dienone is 1. The Morgan fingerprint density at radius 2 is 1.14 bits per heavy atom. The Bertz CT molecular complexity index is 2520. The van der Waals surface area contributed by atoms with Crippen molar-refractivity contribution in [1.82, 2.24) is 59.7 Å². The maximum absolute atomic E-state index is 12.5. The number of thioether (sulfide) groups is 2. The molecule has 25 heteroatoms. The molecule has 392 valence electrons. The lowest BCUT2D eigenvalue weighted by Gasteiger charge is -2.33. The number of anilines is 6. The summed E-state index contributed by atoms with van der Waals surface area (Å²) in [6.07, 6.45) is 13.9. The third-order valence-electron chi connectivity index (χ3n) is 11.8. The van der Waals surface area contributed by atoms with Crippen LogP contribution in [-0.2, 0) is 9.59 Å². The number of carbonyl (C=O) groups is 2. The van der Waals surface area contributed by atoms with Gasteiger partial charge in [-0.05, 0) is 98.7 Å². The number of rotatable bonds is 16. The second kappa shape index (κ2) is 29.8. The predicted octanol–water partition coefficient (Wildman–Crippen LogP) is 5.51. The molecule has 73 heavy (non-hydrogen) atoms. The largest absolute Gasteiger partial charge is 0.354 e. The third-order valence-corrected chi connectivity index (χ3v) is 15.9. The van der Waals surface area contributed by atoms with Gasteiger partial charge in [0.05, 0.1) is 12.4 Å². The number of nitrogens with zero attached hydrogens (tertiary/aromatic N) is 15. The van der Waals surface area contributed by atoms with Gasteiger partial charge >= 0.3 is 0 Å². The summed E-state index contributed by atoms with van der Waals surface area (Å²) in [7, 11) is 12.1. The van der Waals surface area contributed by atoms with E-state index in [-0.39, 0.29) is 5.91 Å². The summed E-state index contributed by atoms with van der Waals surface area (Å²) in [6.45, 7) is 12.9. The van der Waals surface area contributed by atoms with E-state index in [4.69, 9.17) is 42.1 Å². The molecule has 4 aromatic rings. The molecule has 8 rings (SSSR count). The average molecular weight is 1090 g/mol. The number of hydrogen-bond donors (Lipinski definition) is 3. The summed E-state index contributed by atoms with van der Waals surface area (Å²) in [4.78, 5) is 66.7. The molecule has 0 saturated carbocycles. The van der Waals surface area contributed by atoms with E-state index in [0.717, 1.165) is 145 Å². The molecular formula is C48H67ClN18O2S4. The number of aromatic nitrogens is 6. The number of thiazole rings is 2. The summed E-state index contributed by atoms with van der Waals surface area (Å²) in [5.41, 5.74) is 0. The molecule has 0 spiro atoms. The minimum atomic E-state index is -0.420. The third kappa shape index (κ3) is 20.0. The molecule has 0 unspecified atom stereocenters. The van der Waals surface area contributed by atoms with Crippen LogP contribution >= 0.6 is 57.8 Å². The Morgan fingerprint density at radius 1 is 0.699 bits per heavy atom. The lowest BCUT2D eigenvalue weighted by molar-refractivity contribution is -0.126. The zero-order valence-electron chi connectivity index (χ0n) is 42.5. The Hall–Kier alpha value is -4.99. The summed E-state index contributed by atoms with van der Waals surface area (Å²) in [6, 6.07) is 8.21. The van der Waals surface area contributed by atoms with E-state index in [1.54, 1.807) is 48.1 Å². The second-order valence-corrected chi connectivity index (χ2v) is 23.2. The van der Waals surface area contributed by atoms with Gasteiger partial charge in [-0.1, -0.05) is 58.3 Å². The highest BCUT2D eigenvalue weighted by molar-refractivity contribution is 8.00. The monoisotopic (exact) mass is 1090 g/mol. The fourth-order valence-electron chi connectivity index (χ4n) is 7.67. The standard InChI is InChI=1S/C24H33N9OS2.C18H24N8S2.C6H10ClNO/c1-30(2)8-4-5-22(34)33-9-6-18(7-10-33)35-24-28-20(27-23-26-17-19(16-25)36-23)15-21(29-24)32-13-11-31(3)12-14-32;1-25-6-8-26(9-7-25)16-10-15(22-17-21-12-14(11-19)28-17)23-18(24-16)27-13-2-4-20-5-3-13;1-8(2)5-3-4-6(7)9/h4-5,15,17-18H,6-14H2,1-3H3,(H,26,27,28,29);10,12-13,20H,2-9H2,1H3,(H,21,22,23,24);3-4H,5H2,1-2H3/b5-4+;;4-3+. The molecule has 4 fully saturated rings. The zero-order chi connectivity index (χ0) is 52.1. The van der Waals surface area contributed by atoms with Crippen molar-refractivity contribution < 1.29 is 9.59 Å². The first-order chi connectivity index (χ1) is 35.2. The molecule has 4 saturated heterocycles. The quantitative estimate of drug-likeness (QED) is 0.0715. The second-order valence-electron chi connectivity index (χ2n) is 18.2. The van der Waals surface area contributed by atoms with Crippen LogP contribution in [0.4, 0.5) is 33.5 Å². The molecule has 1 amide bonds. The fourth-order valence-corrected chi connectivity index (χ4v) is 11.1. The lowest BCUT2D eigenvalue weighted by atomic mass is 10.1. The van der Waals surface area contributed by atoms with Crippen LogP contribution in [-0.4, -0.2) is 210 Å². The van der Waals surface area contributed by atoms with Crippen LogP contribution < -0.4 is 25.8 Å². The first kappa shape index (κ1) is 57.3. The molecule has 8 heterocycles. The van der Waals surface area contributed by atoms with Crippen LogP contribution in [0.1, 0.15) is 35.4 Å². The van der Waals surface area contributed by atoms with E-state index in [1.807, 2.05) is 61.1 Å². The van der Waals surface area contributed by atoms with Crippen molar-refractivity contribution in [2.24, 2.45) is 0 Å². The van der Waals surface area contributed by atoms with Gasteiger partial charge in [0.1, 0.15) is 45.2 Å². The normalized spacial score (nSPS) is 17.3. The van der Waals surface area contributed by atoms with E-state index in [9.17, 15) is 9.59 Å². The number of piperazine rings is 2. The van der Waals surface area contributed by atoms with E-state index < -0.39 is 5.24 Å². The van der Waals surface area contributed by atoms with Crippen LogP contribution in [0.25, 0.3) is 0 Å². The van der Waals surface area contributed by atoms with Gasteiger partial charge in [0.25, 0.3) is 0 Å². The van der Waals surface area contributed by atoms with E-state index in [1.165, 1.54) is 28.7 Å². The number of halogens is 1. The minimum absolute atomic E-state index is 0.0836. The Labute approximate surface area is 451 Å². The highest BCUT2D eigenvalue weighted by Gasteiger charge is 2.26. The SMILES string of the molecule is CN(C)C/C=C/C(=O)Cl.CN(C)C/C=C/C(=O)N1CCC(Sc2nc(Nc3ncc(C#N)s3)cc(N3CCN(C)CC3)n2)CC1.CN1CCN(c2cc(Nc3ncc(C#N)s3)nc(SC3CCNCC3)n2)CC1. The molecule has 0 aromatic carbocycles. The number of likely N-dealkylation sites (tertiary alicyclic amines) is 1. The van der Waals surface area contributed by atoms with Gasteiger partial charge in [0.2, 0.25) is 11.1 Å². The number of nitrogens with one attached hydrogen (secondary N) is 3. The molecule has 0 radical (unpaired) electrons. The smallest absolute Gasteiger partial charge is 0.246 e. The van der Waals surface area contributed by atoms with Gasteiger partial charge in [-0.15, -0.1) is 0 Å². The molecule has 4 aromatic heterocycles. The molecule has 3 N–H and O–H groups in total. The zero-order valence-corrected chi connectivity index (χ0v) is 46.6. The van der Waals surface area contributed by atoms with E-state index in [0.29, 0.717) is 36.3 Å². The highest BCUT2D eigenvalue weighted by Crippen LogP contribution is 2.33. The van der Waals surface area contributed by atoms with Crippen molar-refractivity contribution >= 4 is 102 Å². The molecule has 0 atom stereocenters. The van der Waals surface area contributed by atoms with E-state index in [2.05, 4.69) is 71.8 Å². The molecule has 0 bridgehead atoms.